The second-order valence-electron chi connectivity index (χ2n) is 8.33. The van der Waals surface area contributed by atoms with Crippen LogP contribution in [0.5, 0.6) is 0 Å². The number of carbonyl (C=O) groups excluding carboxylic acids is 2. The van der Waals surface area contributed by atoms with E-state index in [1.807, 2.05) is 32.0 Å². The summed E-state index contributed by atoms with van der Waals surface area (Å²) in [5, 5.41) is 0. The summed E-state index contributed by atoms with van der Waals surface area (Å²) < 4.78 is 32.8. The number of hydrogen-bond donors (Lipinski definition) is 0. The van der Waals surface area contributed by atoms with Gasteiger partial charge in [0, 0.05) is 24.1 Å². The Morgan fingerprint density at radius 1 is 1.10 bits per heavy atom. The molecule has 1 unspecified atom stereocenters. The third-order valence-corrected chi connectivity index (χ3v) is 5.46. The fourth-order valence-electron chi connectivity index (χ4n) is 4.03. The third-order valence-electron chi connectivity index (χ3n) is 5.46. The second kappa shape index (κ2) is 9.00. The number of aryl methyl sites for hydroxylation is 2. The van der Waals surface area contributed by atoms with Crippen molar-refractivity contribution >= 4 is 11.9 Å². The molecule has 3 rings (SSSR count). The minimum atomic E-state index is -0.714. The molecular weight excluding hydrogens is 400 g/mol. The first-order chi connectivity index (χ1) is 14.6. The molecule has 31 heavy (non-hydrogen) atoms. The molecule has 2 aromatic rings. The number of halogens is 2. The van der Waals surface area contributed by atoms with Gasteiger partial charge in [-0.2, -0.15) is 0 Å². The molecule has 0 spiro atoms. The quantitative estimate of drug-likeness (QED) is 0.607. The van der Waals surface area contributed by atoms with E-state index in [0.717, 1.165) is 22.8 Å². The maximum Gasteiger partial charge on any atom is 0.336 e. The van der Waals surface area contributed by atoms with E-state index < -0.39 is 23.5 Å². The Morgan fingerprint density at radius 2 is 1.74 bits per heavy atom. The number of amides is 1. The lowest BCUT2D eigenvalue weighted by Crippen LogP contribution is -2.38. The average molecular weight is 427 g/mol. The molecule has 0 aromatic heterocycles. The highest BCUT2D eigenvalue weighted by Crippen LogP contribution is 2.39. The van der Waals surface area contributed by atoms with Gasteiger partial charge in [0.1, 0.15) is 11.6 Å². The van der Waals surface area contributed by atoms with Crippen molar-refractivity contribution in [3.8, 4) is 0 Å². The predicted octanol–water partition coefficient (Wildman–Crippen LogP) is 5.32. The summed E-state index contributed by atoms with van der Waals surface area (Å²) in [7, 11) is 0. The van der Waals surface area contributed by atoms with E-state index in [4.69, 9.17) is 4.74 Å². The lowest BCUT2D eigenvalue weighted by atomic mass is 9.81. The minimum Gasteiger partial charge on any atom is -0.460 e. The molecule has 0 bridgehead atoms. The van der Waals surface area contributed by atoms with Crippen LogP contribution in [0.25, 0.3) is 0 Å². The van der Waals surface area contributed by atoms with Crippen molar-refractivity contribution in [3.63, 3.8) is 0 Å². The van der Waals surface area contributed by atoms with Crippen molar-refractivity contribution < 1.29 is 23.1 Å². The number of esters is 1. The van der Waals surface area contributed by atoms with Crippen LogP contribution in [0.3, 0.4) is 0 Å². The fraction of sp³-hybridized carbons (Fsp3) is 0.360. The van der Waals surface area contributed by atoms with Gasteiger partial charge in [0.05, 0.1) is 18.2 Å². The molecule has 0 fully saturated rings. The van der Waals surface area contributed by atoms with Gasteiger partial charge >= 0.3 is 5.97 Å². The van der Waals surface area contributed by atoms with Gasteiger partial charge in [0.2, 0.25) is 5.91 Å². The van der Waals surface area contributed by atoms with Gasteiger partial charge in [-0.15, -0.1) is 0 Å². The zero-order valence-corrected chi connectivity index (χ0v) is 18.5. The zero-order chi connectivity index (χ0) is 22.9. The molecular formula is C25H27F2NO3. The monoisotopic (exact) mass is 427 g/mol. The molecule has 0 saturated carbocycles. The Balaban J connectivity index is 2.09. The van der Waals surface area contributed by atoms with Gasteiger partial charge in [-0.05, 0) is 63.4 Å². The maximum absolute atomic E-state index is 13.7. The molecule has 1 aliphatic rings. The first kappa shape index (κ1) is 22.7. The van der Waals surface area contributed by atoms with E-state index in [1.54, 1.807) is 20.8 Å². The van der Waals surface area contributed by atoms with Crippen molar-refractivity contribution in [1.82, 2.24) is 4.90 Å². The lowest BCUT2D eigenvalue weighted by molar-refractivity contribution is -0.143. The van der Waals surface area contributed by atoms with Crippen LogP contribution in [0.2, 0.25) is 0 Å². The second-order valence-corrected chi connectivity index (χ2v) is 8.33. The molecule has 0 N–H and O–H groups in total. The van der Waals surface area contributed by atoms with E-state index in [0.29, 0.717) is 16.8 Å². The number of carbonyl (C=O) groups is 2. The van der Waals surface area contributed by atoms with Gasteiger partial charge in [-0.25, -0.2) is 13.6 Å². The summed E-state index contributed by atoms with van der Waals surface area (Å²) in [6.45, 7) is 9.09. The number of rotatable bonds is 5. The molecule has 2 aromatic carbocycles. The van der Waals surface area contributed by atoms with Crippen LogP contribution in [-0.2, 0) is 20.9 Å². The molecule has 164 valence electrons. The summed E-state index contributed by atoms with van der Waals surface area (Å²) in [6.07, 6.45) is -0.252. The normalized spacial score (nSPS) is 16.8. The Bertz CT molecular complexity index is 1040. The average Bonchev–Trinajstić information content (AvgIpc) is 2.65. The van der Waals surface area contributed by atoms with E-state index in [-0.39, 0.29) is 25.0 Å². The van der Waals surface area contributed by atoms with Gasteiger partial charge in [-0.1, -0.05) is 23.8 Å². The summed E-state index contributed by atoms with van der Waals surface area (Å²) >= 11 is 0. The third kappa shape index (κ3) is 5.01. The van der Waals surface area contributed by atoms with Gasteiger partial charge < -0.3 is 9.64 Å². The topological polar surface area (TPSA) is 46.6 Å². The van der Waals surface area contributed by atoms with Crippen LogP contribution in [0, 0.1) is 25.5 Å². The van der Waals surface area contributed by atoms with Crippen molar-refractivity contribution in [1.29, 1.82) is 0 Å². The standard InChI is InChI=1S/C25H27F2NO3/c1-14(2)31-25(30)24-17(5)28(13-18-9-19(26)11-20(27)10-18)23(29)12-22(24)21-8-15(3)6-7-16(21)4/h6-11,14,22H,12-13H2,1-5H3. The van der Waals surface area contributed by atoms with Gasteiger partial charge in [0.15, 0.2) is 0 Å². The first-order valence-electron chi connectivity index (χ1n) is 10.3. The van der Waals surface area contributed by atoms with E-state index >= 15 is 0 Å². The molecule has 0 radical (unpaired) electrons. The fourth-order valence-corrected chi connectivity index (χ4v) is 4.03. The van der Waals surface area contributed by atoms with Crippen molar-refractivity contribution in [2.45, 2.75) is 59.6 Å². The van der Waals surface area contributed by atoms with E-state index in [1.165, 1.54) is 17.0 Å². The van der Waals surface area contributed by atoms with Crippen LogP contribution in [0.15, 0.2) is 47.7 Å². The Labute approximate surface area is 181 Å². The number of nitrogens with zero attached hydrogens (tertiary/aromatic N) is 1. The molecule has 1 atom stereocenters. The van der Waals surface area contributed by atoms with Crippen molar-refractivity contribution in [2.24, 2.45) is 0 Å². The zero-order valence-electron chi connectivity index (χ0n) is 18.5. The van der Waals surface area contributed by atoms with Gasteiger partial charge in [0.25, 0.3) is 0 Å². The Morgan fingerprint density at radius 3 is 2.35 bits per heavy atom. The number of ether oxygens (including phenoxy) is 1. The van der Waals surface area contributed by atoms with Gasteiger partial charge in [-0.3, -0.25) is 4.79 Å². The summed E-state index contributed by atoms with van der Waals surface area (Å²) in [5.74, 6) is -2.57. The molecule has 0 saturated heterocycles. The Hall–Kier alpha value is -3.02. The number of hydrogen-bond acceptors (Lipinski definition) is 3. The van der Waals surface area contributed by atoms with E-state index in [2.05, 4.69) is 0 Å². The largest absolute Gasteiger partial charge is 0.460 e. The molecule has 4 nitrogen and oxygen atoms in total. The maximum atomic E-state index is 13.7. The SMILES string of the molecule is CC1=C(C(=O)OC(C)C)C(c2cc(C)ccc2C)CC(=O)N1Cc1cc(F)cc(F)c1. The van der Waals surface area contributed by atoms with Crippen LogP contribution in [0.1, 0.15) is 55.4 Å². The highest BCUT2D eigenvalue weighted by Gasteiger charge is 2.37. The van der Waals surface area contributed by atoms with Crippen LogP contribution < -0.4 is 0 Å². The minimum absolute atomic E-state index is 0.0304. The van der Waals surface area contributed by atoms with E-state index in [9.17, 15) is 18.4 Å². The Kier molecular flexibility index (Phi) is 6.58. The van der Waals surface area contributed by atoms with Crippen molar-refractivity contribution in [2.75, 3.05) is 0 Å². The molecule has 1 amide bonds. The number of benzene rings is 2. The highest BCUT2D eigenvalue weighted by molar-refractivity contribution is 5.96. The molecule has 1 heterocycles. The van der Waals surface area contributed by atoms with Crippen LogP contribution in [0.4, 0.5) is 8.78 Å². The molecule has 6 heteroatoms. The molecule has 0 aliphatic carbocycles. The summed E-state index contributed by atoms with van der Waals surface area (Å²) in [5.41, 5.74) is 4.06. The lowest BCUT2D eigenvalue weighted by Gasteiger charge is -2.35. The highest BCUT2D eigenvalue weighted by atomic mass is 19.1. The summed E-state index contributed by atoms with van der Waals surface area (Å²) in [6, 6.07) is 9.10. The predicted molar refractivity (Wildman–Crippen MR) is 114 cm³/mol. The summed E-state index contributed by atoms with van der Waals surface area (Å²) in [4.78, 5) is 27.6. The molecule has 1 aliphatic heterocycles. The number of allylic oxidation sites excluding steroid dienone is 1. The smallest absolute Gasteiger partial charge is 0.336 e. The first-order valence-corrected chi connectivity index (χ1v) is 10.3. The van der Waals surface area contributed by atoms with Crippen LogP contribution >= 0.6 is 0 Å². The van der Waals surface area contributed by atoms with Crippen LogP contribution in [-0.4, -0.2) is 22.9 Å². The van der Waals surface area contributed by atoms with Crippen molar-refractivity contribution in [3.05, 3.63) is 81.6 Å².